The number of carbonyl (C=O) groups excluding carboxylic acids is 1. The molecule has 0 atom stereocenters. The number of alkyl halides is 3. The van der Waals surface area contributed by atoms with Crippen molar-refractivity contribution in [3.63, 3.8) is 0 Å². The molecule has 0 bridgehead atoms. The fourth-order valence-electron chi connectivity index (χ4n) is 2.84. The number of carbonyl (C=O) groups is 1. The highest BCUT2D eigenvalue weighted by Crippen LogP contribution is 2.36. The van der Waals surface area contributed by atoms with Crippen molar-refractivity contribution in [1.82, 2.24) is 4.98 Å². The predicted octanol–water partition coefficient (Wildman–Crippen LogP) is 4.30. The molecule has 0 aliphatic heterocycles. The van der Waals surface area contributed by atoms with Crippen LogP contribution in [-0.4, -0.2) is 15.8 Å². The Bertz CT molecular complexity index is 1260. The van der Waals surface area contributed by atoms with E-state index in [2.05, 4.69) is 0 Å². The van der Waals surface area contributed by atoms with Gasteiger partial charge < -0.3 is 15.5 Å². The molecule has 0 saturated carbocycles. The molecule has 1 heterocycles. The van der Waals surface area contributed by atoms with Crippen LogP contribution in [0.1, 0.15) is 21.6 Å². The summed E-state index contributed by atoms with van der Waals surface area (Å²) in [7, 11) is 0. The van der Waals surface area contributed by atoms with Crippen molar-refractivity contribution >= 4 is 23.2 Å². The van der Waals surface area contributed by atoms with E-state index >= 15 is 0 Å². The first-order chi connectivity index (χ1) is 15.0. The summed E-state index contributed by atoms with van der Waals surface area (Å²) in [6.45, 7) is -0.127. The van der Waals surface area contributed by atoms with Crippen LogP contribution >= 0.6 is 11.6 Å². The molecule has 0 unspecified atom stereocenters. The van der Waals surface area contributed by atoms with Crippen LogP contribution in [0, 0.1) is 10.1 Å². The fraction of sp³-hybridized carbons (Fsp3) is 0.100. The van der Waals surface area contributed by atoms with E-state index in [0.29, 0.717) is 5.56 Å². The van der Waals surface area contributed by atoms with E-state index in [1.807, 2.05) is 0 Å². The van der Waals surface area contributed by atoms with Crippen molar-refractivity contribution in [2.75, 3.05) is 0 Å². The summed E-state index contributed by atoms with van der Waals surface area (Å²) in [6.07, 6.45) is -4.89. The van der Waals surface area contributed by atoms with Gasteiger partial charge in [-0.25, -0.2) is 0 Å². The van der Waals surface area contributed by atoms with Crippen molar-refractivity contribution in [2.45, 2.75) is 12.8 Å². The third-order valence-corrected chi connectivity index (χ3v) is 4.76. The first kappa shape index (κ1) is 22.8. The van der Waals surface area contributed by atoms with Gasteiger partial charge in [-0.1, -0.05) is 23.7 Å². The molecule has 1 aromatic heterocycles. The minimum absolute atomic E-state index is 0.0387. The number of pyridine rings is 1. The second-order valence-electron chi connectivity index (χ2n) is 6.51. The van der Waals surface area contributed by atoms with Gasteiger partial charge >= 0.3 is 6.18 Å². The Morgan fingerprint density at radius 2 is 1.81 bits per heavy atom. The normalized spacial score (nSPS) is 11.2. The van der Waals surface area contributed by atoms with Crippen LogP contribution in [0.3, 0.4) is 0 Å². The Balaban J connectivity index is 1.90. The fourth-order valence-corrected chi connectivity index (χ4v) is 3.01. The van der Waals surface area contributed by atoms with Crippen LogP contribution in [0.4, 0.5) is 18.9 Å². The van der Waals surface area contributed by atoms with Gasteiger partial charge in [0.25, 0.3) is 17.2 Å². The summed E-state index contributed by atoms with van der Waals surface area (Å²) in [5.41, 5.74) is 1.64. The highest BCUT2D eigenvalue weighted by Gasteiger charge is 2.36. The van der Waals surface area contributed by atoms with Crippen LogP contribution in [-0.2, 0) is 12.8 Å². The molecule has 8 nitrogen and oxygen atoms in total. The number of benzene rings is 2. The van der Waals surface area contributed by atoms with Crippen molar-refractivity contribution in [3.8, 4) is 16.9 Å². The molecule has 166 valence electrons. The number of nitrogens with two attached hydrogens (primary N) is 1. The summed E-state index contributed by atoms with van der Waals surface area (Å²) in [5, 5.41) is 11.1. The second kappa shape index (κ2) is 8.71. The van der Waals surface area contributed by atoms with Gasteiger partial charge in [-0.05, 0) is 29.8 Å². The standard InChI is InChI=1S/C20H13ClF3N3O5/c21-16-6-3-12(27(30)31)7-11(16)9-32-13-4-1-10(2-5-13)14-8-15(18(25)28)19(29)26-17(14)20(22,23)24/h1-8H,9H2,(H2,25,28)(H,26,29). The van der Waals surface area contributed by atoms with E-state index in [9.17, 15) is 32.9 Å². The summed E-state index contributed by atoms with van der Waals surface area (Å²) >= 11 is 6.01. The zero-order valence-corrected chi connectivity index (χ0v) is 16.7. The van der Waals surface area contributed by atoms with E-state index in [0.717, 1.165) is 6.07 Å². The number of aromatic nitrogens is 1. The molecule has 1 amide bonds. The summed E-state index contributed by atoms with van der Waals surface area (Å²) in [5.74, 6) is -0.931. The Labute approximate surface area is 182 Å². The van der Waals surface area contributed by atoms with Gasteiger partial charge in [0.15, 0.2) is 0 Å². The summed E-state index contributed by atoms with van der Waals surface area (Å²) in [6, 6.07) is 9.92. The number of aromatic amines is 1. The minimum atomic E-state index is -4.89. The first-order valence-corrected chi connectivity index (χ1v) is 9.15. The van der Waals surface area contributed by atoms with Gasteiger partial charge in [-0.2, -0.15) is 13.2 Å². The SMILES string of the molecule is NC(=O)c1cc(-c2ccc(OCc3cc([N+](=O)[O-])ccc3Cl)cc2)c(C(F)(F)F)[nH]c1=O. The minimum Gasteiger partial charge on any atom is -0.489 e. The van der Waals surface area contributed by atoms with E-state index in [4.69, 9.17) is 22.1 Å². The molecule has 3 aromatic rings. The monoisotopic (exact) mass is 467 g/mol. The van der Waals surface area contributed by atoms with Crippen molar-refractivity contribution in [1.29, 1.82) is 0 Å². The highest BCUT2D eigenvalue weighted by atomic mass is 35.5. The van der Waals surface area contributed by atoms with Gasteiger partial charge in [0, 0.05) is 28.3 Å². The van der Waals surface area contributed by atoms with Gasteiger partial charge in [-0.15, -0.1) is 0 Å². The van der Waals surface area contributed by atoms with Crippen molar-refractivity contribution in [2.24, 2.45) is 5.73 Å². The lowest BCUT2D eigenvalue weighted by molar-refractivity contribution is -0.384. The summed E-state index contributed by atoms with van der Waals surface area (Å²) in [4.78, 5) is 35.1. The maximum Gasteiger partial charge on any atom is 0.431 e. The number of hydrogen-bond acceptors (Lipinski definition) is 5. The van der Waals surface area contributed by atoms with Crippen LogP contribution in [0.5, 0.6) is 5.75 Å². The summed E-state index contributed by atoms with van der Waals surface area (Å²) < 4.78 is 45.7. The molecular weight excluding hydrogens is 455 g/mol. The number of hydrogen-bond donors (Lipinski definition) is 2. The smallest absolute Gasteiger partial charge is 0.431 e. The van der Waals surface area contributed by atoms with E-state index < -0.39 is 39.4 Å². The quantitative estimate of drug-likeness (QED) is 0.412. The van der Waals surface area contributed by atoms with Crippen molar-refractivity contribution < 1.29 is 27.6 Å². The van der Waals surface area contributed by atoms with E-state index in [1.165, 1.54) is 42.5 Å². The zero-order valence-electron chi connectivity index (χ0n) is 15.9. The van der Waals surface area contributed by atoms with Gasteiger partial charge in [0.1, 0.15) is 23.6 Å². The number of primary amides is 1. The molecular formula is C20H13ClF3N3O5. The molecule has 0 aliphatic carbocycles. The third-order valence-electron chi connectivity index (χ3n) is 4.39. The zero-order chi connectivity index (χ0) is 23.6. The maximum absolute atomic E-state index is 13.4. The van der Waals surface area contributed by atoms with E-state index in [-0.39, 0.29) is 28.6 Å². The number of nitrogens with one attached hydrogen (secondary N) is 1. The number of rotatable bonds is 6. The lowest BCUT2D eigenvalue weighted by Crippen LogP contribution is -2.27. The van der Waals surface area contributed by atoms with Gasteiger partial charge in [-0.3, -0.25) is 19.7 Å². The maximum atomic E-state index is 13.4. The molecule has 3 rings (SSSR count). The molecule has 2 aromatic carbocycles. The van der Waals surface area contributed by atoms with Crippen LogP contribution in [0.15, 0.2) is 53.3 Å². The van der Waals surface area contributed by atoms with Crippen molar-refractivity contribution in [3.05, 3.63) is 90.8 Å². The van der Waals surface area contributed by atoms with Crippen LogP contribution < -0.4 is 16.0 Å². The Kier molecular flexibility index (Phi) is 6.21. The molecule has 0 aliphatic rings. The molecule has 3 N–H and O–H groups in total. The van der Waals surface area contributed by atoms with Crippen LogP contribution in [0.25, 0.3) is 11.1 Å². The third kappa shape index (κ3) is 4.89. The van der Waals surface area contributed by atoms with Gasteiger partial charge in [0.05, 0.1) is 4.92 Å². The van der Waals surface area contributed by atoms with Crippen LogP contribution in [0.2, 0.25) is 5.02 Å². The largest absolute Gasteiger partial charge is 0.489 e. The number of ether oxygens (including phenoxy) is 1. The Hall–Kier alpha value is -3.86. The molecule has 0 spiro atoms. The van der Waals surface area contributed by atoms with Gasteiger partial charge in [0.2, 0.25) is 0 Å². The average Bonchev–Trinajstić information content (AvgIpc) is 2.72. The Morgan fingerprint density at radius 1 is 1.16 bits per heavy atom. The number of non-ortho nitro benzene ring substituents is 1. The number of nitro benzene ring substituents is 1. The lowest BCUT2D eigenvalue weighted by atomic mass is 10.0. The van der Waals surface area contributed by atoms with E-state index in [1.54, 1.807) is 4.98 Å². The highest BCUT2D eigenvalue weighted by molar-refractivity contribution is 6.31. The molecule has 0 radical (unpaired) electrons. The number of halogens is 4. The number of H-pyrrole nitrogens is 1. The molecule has 0 fully saturated rings. The Morgan fingerprint density at radius 3 is 2.38 bits per heavy atom. The predicted molar refractivity (Wildman–Crippen MR) is 108 cm³/mol. The number of nitro groups is 1. The first-order valence-electron chi connectivity index (χ1n) is 8.77. The average molecular weight is 468 g/mol. The topological polar surface area (TPSA) is 128 Å². The number of amides is 1. The number of nitrogens with zero attached hydrogens (tertiary/aromatic N) is 1. The molecule has 12 heteroatoms. The lowest BCUT2D eigenvalue weighted by Gasteiger charge is -2.14. The molecule has 32 heavy (non-hydrogen) atoms. The second-order valence-corrected chi connectivity index (χ2v) is 6.92. The molecule has 0 saturated heterocycles.